The van der Waals surface area contributed by atoms with E-state index in [9.17, 15) is 4.39 Å². The molecule has 1 aromatic carbocycles. The van der Waals surface area contributed by atoms with Gasteiger partial charge in [0, 0.05) is 10.8 Å². The summed E-state index contributed by atoms with van der Waals surface area (Å²) in [6.07, 6.45) is 2.35. The van der Waals surface area contributed by atoms with Crippen molar-refractivity contribution in [1.29, 1.82) is 0 Å². The quantitative estimate of drug-likeness (QED) is 0.622. The molecule has 1 aliphatic rings. The highest BCUT2D eigenvalue weighted by Crippen LogP contribution is 2.42. The van der Waals surface area contributed by atoms with E-state index in [-0.39, 0.29) is 5.82 Å². The molecule has 6 heteroatoms. The Morgan fingerprint density at radius 3 is 2.75 bits per heavy atom. The fraction of sp³-hybridized carbons (Fsp3) is 0.286. The highest BCUT2D eigenvalue weighted by atomic mass is 127. The number of benzene rings is 1. The van der Waals surface area contributed by atoms with E-state index in [0.717, 1.165) is 9.26 Å². The summed E-state index contributed by atoms with van der Waals surface area (Å²) >= 11 is 3.60. The van der Waals surface area contributed by atoms with Gasteiger partial charge in [-0.2, -0.15) is 0 Å². The molecule has 20 heavy (non-hydrogen) atoms. The van der Waals surface area contributed by atoms with E-state index in [1.54, 1.807) is 12.1 Å². The minimum absolute atomic E-state index is 0.210. The Morgan fingerprint density at radius 1 is 1.30 bits per heavy atom. The van der Waals surface area contributed by atoms with Gasteiger partial charge in [-0.05, 0) is 47.6 Å². The molecule has 1 aliphatic carbocycles. The summed E-state index contributed by atoms with van der Waals surface area (Å²) in [6.45, 7) is 0. The van der Waals surface area contributed by atoms with Gasteiger partial charge in [-0.3, -0.25) is 0 Å². The second-order valence-corrected chi connectivity index (χ2v) is 6.81. The van der Waals surface area contributed by atoms with Crippen molar-refractivity contribution in [2.45, 2.75) is 29.4 Å². The Hall–Kier alpha value is -0.890. The highest BCUT2D eigenvalue weighted by Gasteiger charge is 2.28. The molecule has 0 amide bonds. The summed E-state index contributed by atoms with van der Waals surface area (Å²) in [5.74, 6) is 2.06. The predicted octanol–water partition coefficient (Wildman–Crippen LogP) is 3.97. The number of halogens is 2. The van der Waals surface area contributed by atoms with Gasteiger partial charge in [0.1, 0.15) is 17.5 Å². The van der Waals surface area contributed by atoms with Crippen LogP contribution in [0.3, 0.4) is 0 Å². The van der Waals surface area contributed by atoms with Crippen LogP contribution in [0.4, 0.5) is 10.2 Å². The predicted molar refractivity (Wildman–Crippen MR) is 87.1 cm³/mol. The molecule has 3 rings (SSSR count). The van der Waals surface area contributed by atoms with Crippen molar-refractivity contribution >= 4 is 40.2 Å². The average molecular weight is 401 g/mol. The van der Waals surface area contributed by atoms with E-state index in [1.807, 2.05) is 6.07 Å². The smallest absolute Gasteiger partial charge is 0.141 e. The molecule has 2 aromatic rings. The van der Waals surface area contributed by atoms with Crippen LogP contribution in [0.25, 0.3) is 0 Å². The molecule has 0 unspecified atom stereocenters. The first-order valence-corrected chi connectivity index (χ1v) is 8.40. The number of rotatable bonds is 4. The van der Waals surface area contributed by atoms with E-state index in [4.69, 9.17) is 5.73 Å². The third-order valence-electron chi connectivity index (χ3n) is 3.11. The fourth-order valence-electron chi connectivity index (χ4n) is 1.93. The lowest BCUT2D eigenvalue weighted by molar-refractivity contribution is 0.602. The summed E-state index contributed by atoms with van der Waals surface area (Å²) in [4.78, 5) is 9.51. The SMILES string of the molecule is Nc1nc(CSc2ccccc2F)nc(C2CC2)c1I. The average Bonchev–Trinajstić information content (AvgIpc) is 3.26. The van der Waals surface area contributed by atoms with Gasteiger partial charge in [0.05, 0.1) is 15.0 Å². The molecule has 1 saturated carbocycles. The minimum Gasteiger partial charge on any atom is -0.383 e. The second-order valence-electron chi connectivity index (χ2n) is 4.72. The van der Waals surface area contributed by atoms with Gasteiger partial charge in [-0.15, -0.1) is 11.8 Å². The first-order chi connectivity index (χ1) is 9.65. The van der Waals surface area contributed by atoms with Crippen molar-refractivity contribution < 1.29 is 4.39 Å². The Labute approximate surface area is 134 Å². The number of hydrogen-bond donors (Lipinski definition) is 1. The fourth-order valence-corrected chi connectivity index (χ4v) is 3.40. The summed E-state index contributed by atoms with van der Waals surface area (Å²) in [7, 11) is 0. The second kappa shape index (κ2) is 5.85. The summed E-state index contributed by atoms with van der Waals surface area (Å²) in [5, 5.41) is 0. The first-order valence-electron chi connectivity index (χ1n) is 6.34. The van der Waals surface area contributed by atoms with E-state index in [1.165, 1.54) is 30.7 Å². The first kappa shape index (κ1) is 14.1. The van der Waals surface area contributed by atoms with Crippen molar-refractivity contribution in [3.05, 3.63) is 45.2 Å². The van der Waals surface area contributed by atoms with Crippen LogP contribution in [-0.4, -0.2) is 9.97 Å². The monoisotopic (exact) mass is 401 g/mol. The molecular weight excluding hydrogens is 388 g/mol. The van der Waals surface area contributed by atoms with Crippen molar-refractivity contribution in [2.75, 3.05) is 5.73 Å². The molecule has 2 N–H and O–H groups in total. The maximum atomic E-state index is 13.6. The number of nitrogens with zero attached hydrogens (tertiary/aromatic N) is 2. The number of nitrogens with two attached hydrogens (primary N) is 1. The van der Waals surface area contributed by atoms with Crippen LogP contribution in [-0.2, 0) is 5.75 Å². The number of hydrogen-bond acceptors (Lipinski definition) is 4. The third-order valence-corrected chi connectivity index (χ3v) is 5.26. The van der Waals surface area contributed by atoms with Gasteiger partial charge in [0.2, 0.25) is 0 Å². The van der Waals surface area contributed by atoms with Gasteiger partial charge >= 0.3 is 0 Å². The van der Waals surface area contributed by atoms with Crippen LogP contribution >= 0.6 is 34.4 Å². The van der Waals surface area contributed by atoms with Gasteiger partial charge in [0.25, 0.3) is 0 Å². The molecule has 0 spiro atoms. The maximum Gasteiger partial charge on any atom is 0.141 e. The molecule has 1 heterocycles. The molecular formula is C14H13FIN3S. The largest absolute Gasteiger partial charge is 0.383 e. The molecule has 1 aromatic heterocycles. The van der Waals surface area contributed by atoms with Crippen molar-refractivity contribution in [3.63, 3.8) is 0 Å². The van der Waals surface area contributed by atoms with Crippen LogP contribution in [0.2, 0.25) is 0 Å². The highest BCUT2D eigenvalue weighted by molar-refractivity contribution is 14.1. The Balaban J connectivity index is 1.79. The van der Waals surface area contributed by atoms with Gasteiger partial charge < -0.3 is 5.73 Å². The topological polar surface area (TPSA) is 51.8 Å². The summed E-state index contributed by atoms with van der Waals surface area (Å²) < 4.78 is 14.5. The third kappa shape index (κ3) is 3.06. The molecule has 104 valence electrons. The van der Waals surface area contributed by atoms with Crippen LogP contribution < -0.4 is 5.73 Å². The lowest BCUT2D eigenvalue weighted by Gasteiger charge is -2.08. The summed E-state index contributed by atoms with van der Waals surface area (Å²) in [5.41, 5.74) is 7.00. The Bertz CT molecular complexity index is 646. The van der Waals surface area contributed by atoms with Crippen molar-refractivity contribution in [3.8, 4) is 0 Å². The van der Waals surface area contributed by atoms with Crippen LogP contribution in [0, 0.1) is 9.39 Å². The lowest BCUT2D eigenvalue weighted by atomic mass is 10.3. The standard InChI is InChI=1S/C14H13FIN3S/c15-9-3-1-2-4-10(9)20-7-11-18-13(8-5-6-8)12(16)14(17)19-11/h1-4,8H,5-7H2,(H2,17,18,19). The minimum atomic E-state index is -0.210. The summed E-state index contributed by atoms with van der Waals surface area (Å²) in [6, 6.07) is 6.73. The van der Waals surface area contributed by atoms with Gasteiger partial charge in [-0.1, -0.05) is 12.1 Å². The molecule has 0 aliphatic heterocycles. The van der Waals surface area contributed by atoms with E-state index < -0.39 is 0 Å². The molecule has 0 bridgehead atoms. The number of anilines is 1. The molecule has 0 atom stereocenters. The van der Waals surface area contributed by atoms with Gasteiger partial charge in [0.15, 0.2) is 0 Å². The van der Waals surface area contributed by atoms with E-state index >= 15 is 0 Å². The van der Waals surface area contributed by atoms with E-state index in [2.05, 4.69) is 32.6 Å². The van der Waals surface area contributed by atoms with Crippen LogP contribution in [0.15, 0.2) is 29.2 Å². The number of nitrogen functional groups attached to an aromatic ring is 1. The van der Waals surface area contributed by atoms with Gasteiger partial charge in [-0.25, -0.2) is 14.4 Å². The van der Waals surface area contributed by atoms with Crippen molar-refractivity contribution in [2.24, 2.45) is 0 Å². The Morgan fingerprint density at radius 2 is 2.05 bits per heavy atom. The Kier molecular flexibility index (Phi) is 4.11. The normalized spacial score (nSPS) is 14.5. The maximum absolute atomic E-state index is 13.6. The molecule has 0 radical (unpaired) electrons. The zero-order valence-corrected chi connectivity index (χ0v) is 13.6. The number of thioether (sulfide) groups is 1. The molecule has 1 fully saturated rings. The lowest BCUT2D eigenvalue weighted by Crippen LogP contribution is -2.06. The van der Waals surface area contributed by atoms with Crippen LogP contribution in [0.5, 0.6) is 0 Å². The number of aromatic nitrogens is 2. The molecule has 0 saturated heterocycles. The van der Waals surface area contributed by atoms with Crippen molar-refractivity contribution in [1.82, 2.24) is 9.97 Å². The van der Waals surface area contributed by atoms with E-state index in [0.29, 0.717) is 28.2 Å². The zero-order chi connectivity index (χ0) is 14.1. The zero-order valence-electron chi connectivity index (χ0n) is 10.6. The molecule has 3 nitrogen and oxygen atoms in total. The van der Waals surface area contributed by atoms with Crippen LogP contribution in [0.1, 0.15) is 30.3 Å².